The van der Waals surface area contributed by atoms with Gasteiger partial charge in [-0.3, -0.25) is 32.5 Å². The molecule has 0 saturated heterocycles. The molecule has 0 radical (unpaired) electrons. The summed E-state index contributed by atoms with van der Waals surface area (Å²) >= 11 is 0. The third-order valence-electron chi connectivity index (χ3n) is 11.3. The Balaban J connectivity index is 0.000000139. The van der Waals surface area contributed by atoms with Crippen LogP contribution in [0.3, 0.4) is 0 Å². The molecule has 0 bridgehead atoms. The summed E-state index contributed by atoms with van der Waals surface area (Å²) in [4.78, 5) is 65.6. The molecule has 2 fully saturated rings. The van der Waals surface area contributed by atoms with Gasteiger partial charge in [0.1, 0.15) is 34.6 Å². The maximum Gasteiger partial charge on any atom is 0.270 e. The van der Waals surface area contributed by atoms with E-state index in [1.807, 2.05) is 30.3 Å². The number of benzene rings is 2. The first-order valence-corrected chi connectivity index (χ1v) is 21.4. The molecule has 2 aliphatic heterocycles. The highest BCUT2D eigenvalue weighted by atomic mass is 32.2. The molecule has 17 nitrogen and oxygen atoms in total. The van der Waals surface area contributed by atoms with E-state index in [-0.39, 0.29) is 51.3 Å². The number of nitrogen functional groups attached to an aromatic ring is 1. The van der Waals surface area contributed by atoms with Crippen LogP contribution in [0.4, 0.5) is 17.3 Å². The van der Waals surface area contributed by atoms with Crippen LogP contribution >= 0.6 is 0 Å². The molecule has 4 aliphatic rings. The molecule has 1 atom stereocenters. The molecule has 1 unspecified atom stereocenters. The highest BCUT2D eigenvalue weighted by molar-refractivity contribution is 7.84. The van der Waals surface area contributed by atoms with E-state index in [0.29, 0.717) is 63.6 Å². The molecule has 18 heteroatoms. The zero-order valence-electron chi connectivity index (χ0n) is 33.1. The molecule has 2 aliphatic carbocycles. The summed E-state index contributed by atoms with van der Waals surface area (Å²) in [7, 11) is -1.31. The van der Waals surface area contributed by atoms with Gasteiger partial charge in [0.2, 0.25) is 11.1 Å². The summed E-state index contributed by atoms with van der Waals surface area (Å²) in [6.07, 6.45) is 12.5. The van der Waals surface area contributed by atoms with Crippen LogP contribution in [0, 0.1) is 22.7 Å². The standard InChI is InChI=1S/C21H18N6O2.C14H14N4O2S.C8H8N2O/c22-9-13-7-14-11-24-21(25-15-6-5-12-10-23-19(28)17(12)8-15)26-18(14)27(20(13)29)16-3-1-2-4-16;1-21(20)14-16-8-10-6-9(7-15)13(19)18(12(10)17-14)11-4-2-3-5-11;9-6-2-1-5-4-10-8(11)7(5)3-6/h5-8,11,16H,1-4,10H2,(H,23,28)(H,24,25,26);6,8,11H,2-5H2,1H3;1-3H,4,9H2,(H,10,11). The number of nitrogens with two attached hydrogens (primary N) is 1. The molecular formula is C43H40N12O5S. The number of carbonyl (C=O) groups is 2. The first kappa shape index (κ1) is 40.5. The van der Waals surface area contributed by atoms with Gasteiger partial charge in [0.15, 0.2) is 0 Å². The van der Waals surface area contributed by atoms with Gasteiger partial charge in [0, 0.05) is 77.1 Å². The SMILES string of the molecule is CS(=O)c1ncc2cc(C#N)c(=O)n(C3CCCC3)c2n1.N#Cc1cc2cnc(Nc3ccc4c(c3)C(=O)NC4)nc2n(C2CCCC2)c1=O.Nc1ccc2c(c1)C(=O)NC2. The van der Waals surface area contributed by atoms with Gasteiger partial charge in [-0.1, -0.05) is 37.8 Å². The van der Waals surface area contributed by atoms with E-state index in [1.165, 1.54) is 18.5 Å². The fraction of sp³-hybridized carbons (Fsp3) is 0.302. The number of hydrogen-bond donors (Lipinski definition) is 4. The van der Waals surface area contributed by atoms with Crippen LogP contribution in [0.1, 0.15) is 106 Å². The van der Waals surface area contributed by atoms with E-state index in [4.69, 9.17) is 11.0 Å². The smallest absolute Gasteiger partial charge is 0.270 e. The van der Waals surface area contributed by atoms with Gasteiger partial charge in [-0.05, 0) is 73.2 Å². The maximum absolute atomic E-state index is 12.8. The third kappa shape index (κ3) is 8.17. The van der Waals surface area contributed by atoms with Crippen LogP contribution in [0.15, 0.2) is 75.7 Å². The van der Waals surface area contributed by atoms with Crippen molar-refractivity contribution < 1.29 is 13.8 Å². The Hall–Kier alpha value is -7.31. The quantitative estimate of drug-likeness (QED) is 0.135. The van der Waals surface area contributed by atoms with E-state index in [1.54, 1.807) is 39.6 Å². The minimum Gasteiger partial charge on any atom is -0.399 e. The van der Waals surface area contributed by atoms with Crippen molar-refractivity contribution in [3.63, 3.8) is 0 Å². The molecular weight excluding hydrogens is 797 g/mol. The van der Waals surface area contributed by atoms with Gasteiger partial charge < -0.3 is 21.7 Å². The molecule has 61 heavy (non-hydrogen) atoms. The predicted octanol–water partition coefficient (Wildman–Crippen LogP) is 4.79. The predicted molar refractivity (Wildman–Crippen MR) is 227 cm³/mol. The number of carbonyl (C=O) groups excluding carboxylic acids is 2. The van der Waals surface area contributed by atoms with Crippen molar-refractivity contribution in [2.24, 2.45) is 0 Å². The second-order valence-electron chi connectivity index (χ2n) is 15.2. The fourth-order valence-corrected chi connectivity index (χ4v) is 8.65. The Labute approximate surface area is 351 Å². The lowest BCUT2D eigenvalue weighted by Crippen LogP contribution is -2.27. The van der Waals surface area contributed by atoms with Gasteiger partial charge in [-0.2, -0.15) is 15.5 Å². The second kappa shape index (κ2) is 17.1. The van der Waals surface area contributed by atoms with Gasteiger partial charge in [0.05, 0.1) is 10.8 Å². The van der Waals surface area contributed by atoms with Gasteiger partial charge >= 0.3 is 0 Å². The number of anilines is 3. The van der Waals surface area contributed by atoms with E-state index in [0.717, 1.165) is 62.5 Å². The van der Waals surface area contributed by atoms with Crippen LogP contribution in [0.25, 0.3) is 22.1 Å². The maximum atomic E-state index is 12.8. The Morgan fingerprint density at radius 3 is 1.77 bits per heavy atom. The lowest BCUT2D eigenvalue weighted by atomic mass is 10.1. The van der Waals surface area contributed by atoms with Crippen molar-refractivity contribution >= 4 is 62.0 Å². The van der Waals surface area contributed by atoms with Gasteiger partial charge in [-0.25, -0.2) is 15.0 Å². The van der Waals surface area contributed by atoms with Crippen molar-refractivity contribution in [3.8, 4) is 12.1 Å². The lowest BCUT2D eigenvalue weighted by Gasteiger charge is -2.17. The molecule has 0 spiro atoms. The van der Waals surface area contributed by atoms with E-state index in [9.17, 15) is 28.6 Å². The number of rotatable bonds is 5. The second-order valence-corrected chi connectivity index (χ2v) is 16.5. The van der Waals surface area contributed by atoms with Crippen LogP contribution in [0.5, 0.6) is 0 Å². The molecule has 10 rings (SSSR count). The normalized spacial score (nSPS) is 16.0. The molecule has 5 N–H and O–H groups in total. The minimum atomic E-state index is -1.31. The number of pyridine rings is 2. The Morgan fingerprint density at radius 2 is 1.23 bits per heavy atom. The number of aromatic nitrogens is 6. The summed E-state index contributed by atoms with van der Waals surface area (Å²) in [6.45, 7) is 1.17. The van der Waals surface area contributed by atoms with Crippen molar-refractivity contribution in [1.29, 1.82) is 10.5 Å². The number of amides is 2. The Kier molecular flexibility index (Phi) is 11.4. The van der Waals surface area contributed by atoms with E-state index < -0.39 is 10.8 Å². The van der Waals surface area contributed by atoms with Gasteiger partial charge in [0.25, 0.3) is 22.9 Å². The van der Waals surface area contributed by atoms with Crippen LogP contribution < -0.4 is 32.8 Å². The minimum absolute atomic E-state index is 0.0210. The third-order valence-corrected chi connectivity index (χ3v) is 12.0. The largest absolute Gasteiger partial charge is 0.399 e. The lowest BCUT2D eigenvalue weighted by molar-refractivity contribution is 0.0957. The molecule has 6 heterocycles. The van der Waals surface area contributed by atoms with Crippen LogP contribution in [0.2, 0.25) is 0 Å². The zero-order chi connectivity index (χ0) is 42.8. The van der Waals surface area contributed by atoms with E-state index >= 15 is 0 Å². The Bertz CT molecular complexity index is 2990. The first-order valence-electron chi connectivity index (χ1n) is 19.9. The molecule has 6 aromatic rings. The fourth-order valence-electron chi connectivity index (χ4n) is 8.24. The molecule has 308 valence electrons. The zero-order valence-corrected chi connectivity index (χ0v) is 33.9. The number of nitrogens with zero attached hydrogens (tertiary/aromatic N) is 8. The average Bonchev–Trinajstić information content (AvgIpc) is 4.11. The summed E-state index contributed by atoms with van der Waals surface area (Å²) in [6, 6.07) is 18.0. The van der Waals surface area contributed by atoms with Crippen LogP contribution in [-0.4, -0.2) is 51.3 Å². The average molecular weight is 837 g/mol. The topological polar surface area (TPSA) is 256 Å². The molecule has 4 aromatic heterocycles. The summed E-state index contributed by atoms with van der Waals surface area (Å²) in [5, 5.41) is 28.6. The van der Waals surface area contributed by atoms with Gasteiger partial charge in [-0.15, -0.1) is 0 Å². The van der Waals surface area contributed by atoms with Crippen molar-refractivity contribution in [3.05, 3.63) is 115 Å². The summed E-state index contributed by atoms with van der Waals surface area (Å²) in [5.41, 5.74) is 10.8. The number of nitriles is 2. The number of nitrogens with one attached hydrogen (secondary N) is 3. The first-order chi connectivity index (χ1) is 29.5. The number of fused-ring (bicyclic) bond motifs is 4. The van der Waals surface area contributed by atoms with Crippen molar-refractivity contribution in [2.45, 2.75) is 81.7 Å². The summed E-state index contributed by atoms with van der Waals surface area (Å²) in [5.74, 6) is 0.223. The van der Waals surface area contributed by atoms with E-state index in [2.05, 4.69) is 35.9 Å². The molecule has 2 aromatic carbocycles. The summed E-state index contributed by atoms with van der Waals surface area (Å²) < 4.78 is 14.8. The van der Waals surface area contributed by atoms with Crippen molar-refractivity contribution in [2.75, 3.05) is 17.3 Å². The highest BCUT2D eigenvalue weighted by Gasteiger charge is 2.25. The number of hydrogen-bond acceptors (Lipinski definition) is 13. The molecule has 2 amide bonds. The Morgan fingerprint density at radius 1 is 0.721 bits per heavy atom. The van der Waals surface area contributed by atoms with Crippen LogP contribution in [-0.2, 0) is 23.9 Å². The highest BCUT2D eigenvalue weighted by Crippen LogP contribution is 2.32. The monoisotopic (exact) mass is 836 g/mol. The molecule has 2 saturated carbocycles. The van der Waals surface area contributed by atoms with Crippen molar-refractivity contribution in [1.82, 2.24) is 39.7 Å².